The van der Waals surface area contributed by atoms with Crippen LogP contribution in [-0.4, -0.2) is 12.3 Å². The number of halogens is 3. The quantitative estimate of drug-likeness (QED) is 0.358. The predicted molar refractivity (Wildman–Crippen MR) is 90.1 cm³/mol. The summed E-state index contributed by atoms with van der Waals surface area (Å²) < 4.78 is 45.5. The Hall–Kier alpha value is -1.72. The number of unbranched alkanes of at least 4 members (excludes halogenated alkanes) is 3. The molecular weight excluding hydrogens is 333 g/mol. The standard InChI is InChI=1S/C19H27F3O3/c1-3-5-6-7-9-16(8-4-2)18(23)24-14-15-10-12-17(13-11-15)25-19(20,21)22/h10-13,16H,3-9,14H2,1-2H3. The first-order chi connectivity index (χ1) is 11.9. The van der Waals surface area contributed by atoms with Crippen LogP contribution in [0.4, 0.5) is 13.2 Å². The van der Waals surface area contributed by atoms with Gasteiger partial charge in [0, 0.05) is 0 Å². The molecule has 0 aliphatic heterocycles. The highest BCUT2D eigenvalue weighted by atomic mass is 19.4. The lowest BCUT2D eigenvalue weighted by Crippen LogP contribution is -2.18. The van der Waals surface area contributed by atoms with Gasteiger partial charge in [-0.15, -0.1) is 13.2 Å². The van der Waals surface area contributed by atoms with Crippen molar-refractivity contribution in [2.24, 2.45) is 5.92 Å². The molecule has 1 unspecified atom stereocenters. The molecule has 0 bridgehead atoms. The van der Waals surface area contributed by atoms with Gasteiger partial charge in [0.1, 0.15) is 12.4 Å². The Bertz CT molecular complexity index is 498. The van der Waals surface area contributed by atoms with E-state index in [1.807, 2.05) is 6.92 Å². The van der Waals surface area contributed by atoms with Crippen molar-refractivity contribution < 1.29 is 27.4 Å². The van der Waals surface area contributed by atoms with E-state index in [4.69, 9.17) is 4.74 Å². The van der Waals surface area contributed by atoms with Gasteiger partial charge < -0.3 is 9.47 Å². The first-order valence-corrected chi connectivity index (χ1v) is 8.87. The van der Waals surface area contributed by atoms with E-state index in [-0.39, 0.29) is 24.2 Å². The monoisotopic (exact) mass is 360 g/mol. The minimum Gasteiger partial charge on any atom is -0.461 e. The van der Waals surface area contributed by atoms with Gasteiger partial charge >= 0.3 is 12.3 Å². The zero-order chi connectivity index (χ0) is 18.7. The Kier molecular flexibility index (Phi) is 9.39. The van der Waals surface area contributed by atoms with Crippen molar-refractivity contribution in [1.82, 2.24) is 0 Å². The summed E-state index contributed by atoms with van der Waals surface area (Å²) in [7, 11) is 0. The first-order valence-electron chi connectivity index (χ1n) is 8.87. The van der Waals surface area contributed by atoms with Crippen molar-refractivity contribution >= 4 is 5.97 Å². The van der Waals surface area contributed by atoms with E-state index < -0.39 is 6.36 Å². The van der Waals surface area contributed by atoms with Crippen LogP contribution < -0.4 is 4.74 Å². The van der Waals surface area contributed by atoms with Crippen LogP contribution in [0.15, 0.2) is 24.3 Å². The second-order valence-corrected chi connectivity index (χ2v) is 6.13. The number of benzene rings is 1. The van der Waals surface area contributed by atoms with E-state index in [2.05, 4.69) is 11.7 Å². The van der Waals surface area contributed by atoms with Crippen LogP contribution in [0.25, 0.3) is 0 Å². The van der Waals surface area contributed by atoms with Crippen LogP contribution in [-0.2, 0) is 16.1 Å². The maximum absolute atomic E-state index is 12.2. The predicted octanol–water partition coefficient (Wildman–Crippen LogP) is 6.02. The highest BCUT2D eigenvalue weighted by Crippen LogP contribution is 2.23. The Morgan fingerprint density at radius 1 is 1.00 bits per heavy atom. The highest BCUT2D eigenvalue weighted by Gasteiger charge is 2.31. The Labute approximate surface area is 147 Å². The average molecular weight is 360 g/mol. The van der Waals surface area contributed by atoms with Crippen molar-refractivity contribution in [3.05, 3.63) is 29.8 Å². The molecule has 0 aromatic heterocycles. The summed E-state index contributed by atoms with van der Waals surface area (Å²) in [4.78, 5) is 12.2. The summed E-state index contributed by atoms with van der Waals surface area (Å²) in [6.07, 6.45) is 2.27. The molecule has 0 saturated carbocycles. The lowest BCUT2D eigenvalue weighted by atomic mass is 9.96. The summed E-state index contributed by atoms with van der Waals surface area (Å²) in [6, 6.07) is 5.35. The molecule has 1 rings (SSSR count). The van der Waals surface area contributed by atoms with Gasteiger partial charge in [-0.05, 0) is 30.5 Å². The van der Waals surface area contributed by atoms with E-state index >= 15 is 0 Å². The summed E-state index contributed by atoms with van der Waals surface area (Å²) in [5.41, 5.74) is 0.629. The minimum absolute atomic E-state index is 0.0559. The van der Waals surface area contributed by atoms with Gasteiger partial charge in [-0.2, -0.15) is 0 Å². The van der Waals surface area contributed by atoms with E-state index in [1.54, 1.807) is 0 Å². The normalized spacial score (nSPS) is 12.7. The number of carbonyl (C=O) groups excluding carboxylic acids is 1. The SMILES string of the molecule is CCCCCCC(CCC)C(=O)OCc1ccc(OC(F)(F)F)cc1. The zero-order valence-electron chi connectivity index (χ0n) is 14.9. The van der Waals surface area contributed by atoms with Crippen molar-refractivity contribution in [1.29, 1.82) is 0 Å². The molecule has 0 N–H and O–H groups in total. The summed E-state index contributed by atoms with van der Waals surface area (Å²) >= 11 is 0. The third-order valence-electron chi connectivity index (χ3n) is 3.91. The Morgan fingerprint density at radius 3 is 2.24 bits per heavy atom. The molecule has 0 fully saturated rings. The van der Waals surface area contributed by atoms with Crippen LogP contribution in [0.1, 0.15) is 64.4 Å². The van der Waals surface area contributed by atoms with Crippen molar-refractivity contribution in [3.8, 4) is 5.75 Å². The molecule has 6 heteroatoms. The molecule has 1 aromatic carbocycles. The van der Waals surface area contributed by atoms with Crippen LogP contribution in [0.3, 0.4) is 0 Å². The first kappa shape index (κ1) is 21.3. The van der Waals surface area contributed by atoms with E-state index in [9.17, 15) is 18.0 Å². The zero-order valence-corrected chi connectivity index (χ0v) is 14.9. The molecule has 0 amide bonds. The number of rotatable bonds is 11. The number of hydrogen-bond donors (Lipinski definition) is 0. The van der Waals surface area contributed by atoms with E-state index in [0.29, 0.717) is 5.56 Å². The fraction of sp³-hybridized carbons (Fsp3) is 0.632. The van der Waals surface area contributed by atoms with Gasteiger partial charge in [0.2, 0.25) is 0 Å². The van der Waals surface area contributed by atoms with E-state index in [1.165, 1.54) is 30.7 Å². The molecule has 0 heterocycles. The summed E-state index contributed by atoms with van der Waals surface area (Å²) in [6.45, 7) is 4.23. The molecule has 25 heavy (non-hydrogen) atoms. The summed E-state index contributed by atoms with van der Waals surface area (Å²) in [5.74, 6) is -0.619. The van der Waals surface area contributed by atoms with Gasteiger partial charge in [0.15, 0.2) is 0 Å². The topological polar surface area (TPSA) is 35.5 Å². The van der Waals surface area contributed by atoms with Gasteiger partial charge in [-0.1, -0.05) is 58.1 Å². The number of carbonyl (C=O) groups is 1. The molecular formula is C19H27F3O3. The van der Waals surface area contributed by atoms with Crippen LogP contribution >= 0.6 is 0 Å². The number of alkyl halides is 3. The van der Waals surface area contributed by atoms with Crippen molar-refractivity contribution in [2.75, 3.05) is 0 Å². The summed E-state index contributed by atoms with van der Waals surface area (Å²) in [5, 5.41) is 0. The number of hydrogen-bond acceptors (Lipinski definition) is 3. The lowest BCUT2D eigenvalue weighted by molar-refractivity contribution is -0.274. The molecule has 0 radical (unpaired) electrons. The molecule has 0 aliphatic rings. The Morgan fingerprint density at radius 2 is 1.68 bits per heavy atom. The maximum atomic E-state index is 12.2. The Balaban J connectivity index is 2.46. The molecule has 0 spiro atoms. The minimum atomic E-state index is -4.71. The third kappa shape index (κ3) is 9.37. The molecule has 3 nitrogen and oxygen atoms in total. The molecule has 1 atom stereocenters. The largest absolute Gasteiger partial charge is 0.573 e. The fourth-order valence-electron chi connectivity index (χ4n) is 2.61. The van der Waals surface area contributed by atoms with Gasteiger partial charge in [-0.25, -0.2) is 0 Å². The molecule has 0 aliphatic carbocycles. The molecule has 142 valence electrons. The third-order valence-corrected chi connectivity index (χ3v) is 3.91. The van der Waals surface area contributed by atoms with Crippen LogP contribution in [0.2, 0.25) is 0 Å². The van der Waals surface area contributed by atoms with Crippen molar-refractivity contribution in [2.45, 2.75) is 71.8 Å². The maximum Gasteiger partial charge on any atom is 0.573 e. The second-order valence-electron chi connectivity index (χ2n) is 6.13. The van der Waals surface area contributed by atoms with Crippen LogP contribution in [0.5, 0.6) is 5.75 Å². The van der Waals surface area contributed by atoms with Crippen LogP contribution in [0, 0.1) is 5.92 Å². The molecule has 1 aromatic rings. The van der Waals surface area contributed by atoms with Gasteiger partial charge in [0.25, 0.3) is 0 Å². The fourth-order valence-corrected chi connectivity index (χ4v) is 2.61. The average Bonchev–Trinajstić information content (AvgIpc) is 2.55. The van der Waals surface area contributed by atoms with Gasteiger partial charge in [0.05, 0.1) is 5.92 Å². The highest BCUT2D eigenvalue weighted by molar-refractivity contribution is 5.72. The van der Waals surface area contributed by atoms with E-state index in [0.717, 1.165) is 38.5 Å². The smallest absolute Gasteiger partial charge is 0.461 e. The lowest BCUT2D eigenvalue weighted by Gasteiger charge is -2.15. The van der Waals surface area contributed by atoms with Crippen molar-refractivity contribution in [3.63, 3.8) is 0 Å². The number of esters is 1. The van der Waals surface area contributed by atoms with Gasteiger partial charge in [-0.3, -0.25) is 4.79 Å². The number of ether oxygens (including phenoxy) is 2. The second kappa shape index (κ2) is 11.0. The molecule has 0 saturated heterocycles.